The predicted molar refractivity (Wildman–Crippen MR) is 93.8 cm³/mol. The van der Waals surface area contributed by atoms with Crippen LogP contribution in [-0.2, 0) is 4.79 Å². The fourth-order valence-corrected chi connectivity index (χ4v) is 2.02. The summed E-state index contributed by atoms with van der Waals surface area (Å²) in [5.74, 6) is -1.26. The molecule has 2 rings (SSSR count). The zero-order valence-corrected chi connectivity index (χ0v) is 14.0. The Bertz CT molecular complexity index is 927. The van der Waals surface area contributed by atoms with Gasteiger partial charge in [-0.2, -0.15) is 5.10 Å². The third-order valence-corrected chi connectivity index (χ3v) is 3.27. The van der Waals surface area contributed by atoms with Gasteiger partial charge in [0.1, 0.15) is 0 Å². The largest absolute Gasteiger partial charge is 0.502 e. The maximum atomic E-state index is 11.7. The number of phenolic OH excluding ortho intramolecular Hbond substituents is 1. The van der Waals surface area contributed by atoms with Crippen LogP contribution in [-0.4, -0.2) is 33.7 Å². The quantitative estimate of drug-likeness (QED) is 0.426. The second-order valence-electron chi connectivity index (χ2n) is 5.32. The molecule has 0 saturated heterocycles. The molecule has 1 amide bonds. The number of aryl methyl sites for hydroxylation is 1. The van der Waals surface area contributed by atoms with Crippen LogP contribution in [0.5, 0.6) is 11.5 Å². The summed E-state index contributed by atoms with van der Waals surface area (Å²) in [5.41, 5.74) is 2.42. The van der Waals surface area contributed by atoms with E-state index in [1.54, 1.807) is 13.0 Å². The number of hydrogen-bond donors (Lipinski definition) is 2. The van der Waals surface area contributed by atoms with Crippen molar-refractivity contribution in [3.05, 3.63) is 67.8 Å². The number of rotatable bonds is 7. The van der Waals surface area contributed by atoms with Crippen LogP contribution < -0.4 is 10.2 Å². The van der Waals surface area contributed by atoms with E-state index >= 15 is 0 Å². The lowest BCUT2D eigenvalue weighted by atomic mass is 10.2. The van der Waals surface area contributed by atoms with Gasteiger partial charge in [-0.25, -0.2) is 5.43 Å². The Hall–Kier alpha value is -4.02. The molecule has 2 N–H and O–H groups in total. The minimum absolute atomic E-state index is 0.0509. The number of carbonyl (C=O) groups is 1. The first-order valence-electron chi connectivity index (χ1n) is 7.45. The van der Waals surface area contributed by atoms with E-state index in [0.29, 0.717) is 11.1 Å². The Kier molecular flexibility index (Phi) is 5.99. The number of benzene rings is 2. The molecule has 0 aromatic heterocycles. The van der Waals surface area contributed by atoms with Gasteiger partial charge in [-0.15, -0.1) is 0 Å². The third-order valence-electron chi connectivity index (χ3n) is 3.27. The van der Waals surface area contributed by atoms with Crippen LogP contribution in [0.3, 0.4) is 0 Å². The Balaban J connectivity index is 1.93. The number of carbonyl (C=O) groups excluding carboxylic acids is 1. The van der Waals surface area contributed by atoms with E-state index in [9.17, 15) is 30.1 Å². The van der Waals surface area contributed by atoms with Crippen molar-refractivity contribution >= 4 is 23.5 Å². The molecule has 0 aliphatic carbocycles. The molecule has 0 bridgehead atoms. The number of nitrogens with zero attached hydrogens (tertiary/aromatic N) is 3. The van der Waals surface area contributed by atoms with Gasteiger partial charge in [0.15, 0.2) is 18.1 Å². The zero-order valence-electron chi connectivity index (χ0n) is 14.0. The molecule has 27 heavy (non-hydrogen) atoms. The van der Waals surface area contributed by atoms with E-state index in [1.807, 2.05) is 0 Å². The average Bonchev–Trinajstić information content (AvgIpc) is 2.60. The lowest BCUT2D eigenvalue weighted by molar-refractivity contribution is -0.386. The molecular weight excluding hydrogens is 360 g/mol. The number of hydrogen-bond acceptors (Lipinski definition) is 8. The van der Waals surface area contributed by atoms with Crippen LogP contribution in [0.15, 0.2) is 41.5 Å². The van der Waals surface area contributed by atoms with Crippen molar-refractivity contribution in [3.8, 4) is 11.5 Å². The minimum Gasteiger partial charge on any atom is -0.502 e. The highest BCUT2D eigenvalue weighted by Gasteiger charge is 2.16. The number of nitrogens with one attached hydrogen (secondary N) is 1. The van der Waals surface area contributed by atoms with Gasteiger partial charge in [-0.3, -0.25) is 25.0 Å². The second kappa shape index (κ2) is 8.38. The van der Waals surface area contributed by atoms with Crippen LogP contribution in [0, 0.1) is 27.2 Å². The minimum atomic E-state index is -0.736. The molecule has 0 aliphatic rings. The molecule has 0 aliphatic heterocycles. The van der Waals surface area contributed by atoms with Crippen molar-refractivity contribution in [2.24, 2.45) is 5.10 Å². The summed E-state index contributed by atoms with van der Waals surface area (Å²) in [6, 6.07) is 7.87. The van der Waals surface area contributed by atoms with Crippen molar-refractivity contribution in [3.63, 3.8) is 0 Å². The summed E-state index contributed by atoms with van der Waals surface area (Å²) in [6.07, 6.45) is 1.16. The van der Waals surface area contributed by atoms with Crippen molar-refractivity contribution in [1.29, 1.82) is 0 Å². The average molecular weight is 374 g/mol. The maximum absolute atomic E-state index is 11.7. The highest BCUT2D eigenvalue weighted by molar-refractivity contribution is 5.84. The maximum Gasteiger partial charge on any atom is 0.311 e. The van der Waals surface area contributed by atoms with Crippen LogP contribution in [0.1, 0.15) is 11.1 Å². The monoisotopic (exact) mass is 374 g/mol. The van der Waals surface area contributed by atoms with Crippen LogP contribution in [0.2, 0.25) is 0 Å². The molecule has 0 heterocycles. The molecule has 140 valence electrons. The van der Waals surface area contributed by atoms with Crippen molar-refractivity contribution in [2.45, 2.75) is 6.92 Å². The van der Waals surface area contributed by atoms with E-state index in [4.69, 9.17) is 4.74 Å². The Morgan fingerprint density at radius 3 is 2.52 bits per heavy atom. The van der Waals surface area contributed by atoms with Gasteiger partial charge in [-0.05, 0) is 36.2 Å². The van der Waals surface area contributed by atoms with Gasteiger partial charge in [-0.1, -0.05) is 6.07 Å². The lowest BCUT2D eigenvalue weighted by Crippen LogP contribution is -2.24. The predicted octanol–water partition coefficient (Wildman–Crippen LogP) is 2.05. The SMILES string of the molecule is Cc1ccc(OCC(=O)N/N=C\c2ccc([N+](=O)[O-])c(O)c2)c([N+](=O)[O-])c1. The topological polar surface area (TPSA) is 157 Å². The molecule has 0 fully saturated rings. The number of amides is 1. The molecule has 11 nitrogen and oxygen atoms in total. The van der Waals surface area contributed by atoms with Gasteiger partial charge >= 0.3 is 11.4 Å². The Morgan fingerprint density at radius 1 is 1.19 bits per heavy atom. The third kappa shape index (κ3) is 5.22. The number of aromatic hydroxyl groups is 1. The van der Waals surface area contributed by atoms with E-state index in [0.717, 1.165) is 18.3 Å². The van der Waals surface area contributed by atoms with Gasteiger partial charge in [0.05, 0.1) is 16.1 Å². The molecular formula is C16H14N4O7. The van der Waals surface area contributed by atoms with Crippen molar-refractivity contribution in [1.82, 2.24) is 5.43 Å². The zero-order chi connectivity index (χ0) is 20.0. The lowest BCUT2D eigenvalue weighted by Gasteiger charge is -2.06. The number of ether oxygens (including phenoxy) is 1. The Labute approximate surface area is 152 Å². The number of hydrazone groups is 1. The molecule has 0 radical (unpaired) electrons. The molecule has 0 unspecified atom stereocenters. The van der Waals surface area contributed by atoms with Gasteiger partial charge in [0, 0.05) is 12.1 Å². The highest BCUT2D eigenvalue weighted by atomic mass is 16.6. The summed E-state index contributed by atoms with van der Waals surface area (Å²) in [7, 11) is 0. The van der Waals surface area contributed by atoms with E-state index in [-0.39, 0.29) is 11.4 Å². The van der Waals surface area contributed by atoms with Crippen molar-refractivity contribution < 1.29 is 24.5 Å². The van der Waals surface area contributed by atoms with E-state index < -0.39 is 33.8 Å². The molecule has 11 heteroatoms. The van der Waals surface area contributed by atoms with Crippen LogP contribution in [0.4, 0.5) is 11.4 Å². The Morgan fingerprint density at radius 2 is 1.89 bits per heavy atom. The molecule has 0 atom stereocenters. The second-order valence-corrected chi connectivity index (χ2v) is 5.32. The molecule has 0 saturated carbocycles. The fraction of sp³-hybridized carbons (Fsp3) is 0.125. The highest BCUT2D eigenvalue weighted by Crippen LogP contribution is 2.27. The van der Waals surface area contributed by atoms with Crippen LogP contribution >= 0.6 is 0 Å². The number of phenols is 1. The van der Waals surface area contributed by atoms with Gasteiger partial charge in [0.25, 0.3) is 5.91 Å². The van der Waals surface area contributed by atoms with E-state index in [1.165, 1.54) is 18.2 Å². The van der Waals surface area contributed by atoms with Crippen molar-refractivity contribution in [2.75, 3.05) is 6.61 Å². The summed E-state index contributed by atoms with van der Waals surface area (Å²) in [5, 5.41) is 34.7. The normalized spacial score (nSPS) is 10.6. The first-order chi connectivity index (χ1) is 12.8. The summed E-state index contributed by atoms with van der Waals surface area (Å²) < 4.78 is 5.14. The summed E-state index contributed by atoms with van der Waals surface area (Å²) in [6.45, 7) is 1.18. The fourth-order valence-electron chi connectivity index (χ4n) is 2.02. The van der Waals surface area contributed by atoms with Crippen LogP contribution in [0.25, 0.3) is 0 Å². The van der Waals surface area contributed by atoms with E-state index in [2.05, 4.69) is 10.5 Å². The molecule has 2 aromatic carbocycles. The first-order valence-corrected chi connectivity index (χ1v) is 7.45. The van der Waals surface area contributed by atoms with Gasteiger partial charge < -0.3 is 9.84 Å². The number of nitro benzene ring substituents is 2. The summed E-state index contributed by atoms with van der Waals surface area (Å²) >= 11 is 0. The summed E-state index contributed by atoms with van der Waals surface area (Å²) in [4.78, 5) is 31.9. The standard InChI is InChI=1S/C16H14N4O7/c1-10-2-5-15(13(6-10)20(25)26)27-9-16(22)18-17-8-11-3-4-12(19(23)24)14(21)7-11/h2-8,21H,9H2,1H3,(H,18,22)/b17-8-. The smallest absolute Gasteiger partial charge is 0.311 e. The number of nitro groups is 2. The molecule has 0 spiro atoms. The molecule has 2 aromatic rings. The first kappa shape index (κ1) is 19.3. The van der Waals surface area contributed by atoms with Gasteiger partial charge in [0.2, 0.25) is 0 Å².